The van der Waals surface area contributed by atoms with Crippen molar-refractivity contribution in [2.24, 2.45) is 0 Å². The minimum atomic E-state index is -1.03. The van der Waals surface area contributed by atoms with E-state index in [9.17, 15) is 19.2 Å². The average molecular weight is 420 g/mol. The fourth-order valence-corrected chi connectivity index (χ4v) is 4.65. The Hall–Kier alpha value is -2.16. The summed E-state index contributed by atoms with van der Waals surface area (Å²) < 4.78 is 18.9. The van der Waals surface area contributed by atoms with Crippen LogP contribution in [0.25, 0.3) is 0 Å². The van der Waals surface area contributed by atoms with Gasteiger partial charge in [-0.05, 0) is 0 Å². The van der Waals surface area contributed by atoms with Gasteiger partial charge in [-0.1, -0.05) is 0 Å². The Morgan fingerprint density at radius 3 is 1.28 bits per heavy atom. The Bertz CT molecular complexity index is 612. The van der Waals surface area contributed by atoms with Gasteiger partial charge in [0.15, 0.2) is 0 Å². The Morgan fingerprint density at radius 1 is 0.720 bits per heavy atom. The van der Waals surface area contributed by atoms with Crippen LogP contribution in [0.15, 0.2) is 20.1 Å². The summed E-state index contributed by atoms with van der Waals surface area (Å²) in [4.78, 5) is 50.5. The van der Waals surface area contributed by atoms with E-state index in [-0.39, 0.29) is 20.1 Å². The first kappa shape index (κ1) is 20.9. The molecule has 0 aromatic carbocycles. The average Bonchev–Trinajstić information content (AvgIpc) is 2.63. The molecule has 1 aliphatic heterocycles. The van der Waals surface area contributed by atoms with Crippen molar-refractivity contribution in [1.29, 1.82) is 0 Å². The van der Waals surface area contributed by atoms with Gasteiger partial charge in [-0.2, -0.15) is 0 Å². The third-order valence-electron chi connectivity index (χ3n) is 3.31. The monoisotopic (exact) mass is 421 g/mol. The predicted molar refractivity (Wildman–Crippen MR) is 85.3 cm³/mol. The van der Waals surface area contributed by atoms with E-state index in [1.165, 1.54) is 4.90 Å². The molecule has 0 aromatic heterocycles. The fourth-order valence-electron chi connectivity index (χ4n) is 2.24. The van der Waals surface area contributed by atoms with E-state index in [0.29, 0.717) is 0 Å². The van der Waals surface area contributed by atoms with Gasteiger partial charge in [0.25, 0.3) is 0 Å². The Kier molecular flexibility index (Phi) is 7.35. The molecule has 0 bridgehead atoms. The van der Waals surface area contributed by atoms with Gasteiger partial charge in [-0.25, -0.2) is 0 Å². The normalized spacial score (nSPS) is 15.2. The molecule has 25 heavy (non-hydrogen) atoms. The molecule has 0 saturated heterocycles. The molecular weight excluding hydrogens is 401 g/mol. The summed E-state index contributed by atoms with van der Waals surface area (Å²) in [7, 11) is 7.78. The van der Waals surface area contributed by atoms with Crippen LogP contribution >= 0.6 is 0 Å². The zero-order chi connectivity index (χ0) is 19.3. The Balaban J connectivity index is 3.79. The van der Waals surface area contributed by atoms with E-state index < -0.39 is 44.9 Å². The summed E-state index contributed by atoms with van der Waals surface area (Å²) in [6.45, 7) is 0. The Morgan fingerprint density at radius 2 is 1.04 bits per heavy atom. The number of methoxy groups -OCH3 is 4. The van der Waals surface area contributed by atoms with Crippen LogP contribution in [0.4, 0.5) is 0 Å². The fraction of sp³-hybridized carbons (Fsp3) is 0.467. The van der Waals surface area contributed by atoms with Gasteiger partial charge in [0.1, 0.15) is 0 Å². The first-order valence-corrected chi connectivity index (χ1v) is 8.62. The van der Waals surface area contributed by atoms with Crippen molar-refractivity contribution < 1.29 is 38.1 Å². The molecule has 0 saturated carbocycles. The number of rotatable bonds is 5. The molecule has 1 aliphatic rings. The molecule has 0 atom stereocenters. The maximum atomic E-state index is 12.3. The predicted octanol–water partition coefficient (Wildman–Crippen LogP) is -1.17. The standard InChI is InChI=1S/C15H19NO8Se/c1-16(2)9-7(12(17)21-3)10(14(19)23-5)25-11(15(20)24-6)8(9)13(18)22-4/h9H,1-6H3. The van der Waals surface area contributed by atoms with E-state index >= 15 is 0 Å². The van der Waals surface area contributed by atoms with E-state index in [1.807, 2.05) is 0 Å². The molecule has 0 aromatic rings. The molecular formula is C15H19NO8Se. The van der Waals surface area contributed by atoms with E-state index in [0.717, 1.165) is 28.4 Å². The number of hydrogen-bond acceptors (Lipinski definition) is 9. The van der Waals surface area contributed by atoms with Crippen LogP contribution in [-0.2, 0) is 38.1 Å². The van der Waals surface area contributed by atoms with Crippen molar-refractivity contribution in [1.82, 2.24) is 4.90 Å². The third-order valence-corrected chi connectivity index (χ3v) is 5.79. The van der Waals surface area contributed by atoms with Crippen molar-refractivity contribution in [2.45, 2.75) is 6.04 Å². The molecule has 10 heteroatoms. The first-order chi connectivity index (χ1) is 11.7. The van der Waals surface area contributed by atoms with Crippen LogP contribution in [0, 0.1) is 0 Å². The van der Waals surface area contributed by atoms with Crippen molar-refractivity contribution in [3.8, 4) is 0 Å². The van der Waals surface area contributed by atoms with Gasteiger partial charge >= 0.3 is 151 Å². The molecule has 0 fully saturated rings. The van der Waals surface area contributed by atoms with E-state index in [2.05, 4.69) is 0 Å². The minimum absolute atomic E-state index is 0.0198. The first-order valence-electron chi connectivity index (χ1n) is 6.90. The quantitative estimate of drug-likeness (QED) is 0.309. The molecule has 0 amide bonds. The number of ether oxygens (including phenoxy) is 4. The van der Waals surface area contributed by atoms with Crippen molar-refractivity contribution >= 4 is 38.8 Å². The molecule has 0 aliphatic carbocycles. The summed E-state index contributed by atoms with van der Waals surface area (Å²) in [6.07, 6.45) is 0. The second-order valence-electron chi connectivity index (χ2n) is 4.92. The molecule has 0 radical (unpaired) electrons. The number of nitrogens with zero attached hydrogens (tertiary/aromatic N) is 1. The molecule has 0 N–H and O–H groups in total. The van der Waals surface area contributed by atoms with E-state index in [4.69, 9.17) is 18.9 Å². The van der Waals surface area contributed by atoms with Crippen LogP contribution in [0.2, 0.25) is 0 Å². The van der Waals surface area contributed by atoms with Gasteiger partial charge in [-0.3, -0.25) is 0 Å². The van der Waals surface area contributed by atoms with Crippen molar-refractivity contribution in [3.63, 3.8) is 0 Å². The van der Waals surface area contributed by atoms with Crippen LogP contribution in [0.1, 0.15) is 0 Å². The topological polar surface area (TPSA) is 108 Å². The molecule has 1 heterocycles. The molecule has 138 valence electrons. The van der Waals surface area contributed by atoms with Crippen molar-refractivity contribution in [2.75, 3.05) is 42.5 Å². The van der Waals surface area contributed by atoms with Gasteiger partial charge in [-0.15, -0.1) is 0 Å². The number of likely N-dealkylation sites (N-methyl/N-ethyl adjacent to an activating group) is 1. The zero-order valence-electron chi connectivity index (χ0n) is 14.7. The zero-order valence-corrected chi connectivity index (χ0v) is 16.4. The summed E-state index contributed by atoms with van der Waals surface area (Å²) in [5.74, 6) is -3.16. The third kappa shape index (κ3) is 4.09. The number of carbonyl (C=O) groups excluding carboxylic acids is 4. The maximum absolute atomic E-state index is 12.3. The summed E-state index contributed by atoms with van der Waals surface area (Å²) >= 11 is -1.01. The summed E-state index contributed by atoms with van der Waals surface area (Å²) in [5.41, 5.74) is -0.125. The number of carbonyl (C=O) groups is 4. The molecule has 1 rings (SSSR count). The van der Waals surface area contributed by atoms with Gasteiger partial charge in [0.05, 0.1) is 0 Å². The van der Waals surface area contributed by atoms with Crippen LogP contribution in [0.3, 0.4) is 0 Å². The Labute approximate surface area is 151 Å². The SMILES string of the molecule is COC(=O)C1=C(C(=O)OC)C(N(C)C)C(C(=O)OC)=C(C(=O)OC)[Se]1. The molecule has 0 unspecified atom stereocenters. The second-order valence-corrected chi connectivity index (χ2v) is 7.06. The van der Waals surface area contributed by atoms with Gasteiger partial charge < -0.3 is 0 Å². The molecule has 9 nitrogen and oxygen atoms in total. The van der Waals surface area contributed by atoms with Gasteiger partial charge in [0, 0.05) is 0 Å². The number of esters is 4. The summed E-state index contributed by atoms with van der Waals surface area (Å²) in [6, 6.07) is -1.03. The summed E-state index contributed by atoms with van der Waals surface area (Å²) in [5, 5.41) is 0. The van der Waals surface area contributed by atoms with Crippen LogP contribution in [0.5, 0.6) is 0 Å². The van der Waals surface area contributed by atoms with Crippen LogP contribution in [-0.4, -0.2) is 92.3 Å². The van der Waals surface area contributed by atoms with E-state index in [1.54, 1.807) is 14.1 Å². The molecule has 0 spiro atoms. The second kappa shape index (κ2) is 8.79. The van der Waals surface area contributed by atoms with Gasteiger partial charge in [0.2, 0.25) is 0 Å². The van der Waals surface area contributed by atoms with Crippen LogP contribution < -0.4 is 0 Å². The van der Waals surface area contributed by atoms with Crippen molar-refractivity contribution in [3.05, 3.63) is 20.1 Å². The number of hydrogen-bond donors (Lipinski definition) is 0.